The third kappa shape index (κ3) is 8.31. The molecule has 0 saturated heterocycles. The van der Waals surface area contributed by atoms with E-state index in [-0.39, 0.29) is 6.42 Å². The van der Waals surface area contributed by atoms with Gasteiger partial charge in [0, 0.05) is 13.3 Å². The van der Waals surface area contributed by atoms with Crippen molar-refractivity contribution in [2.24, 2.45) is 5.73 Å². The largest absolute Gasteiger partial charge is 0.481 e. The van der Waals surface area contributed by atoms with Crippen molar-refractivity contribution in [2.75, 3.05) is 0 Å². The summed E-state index contributed by atoms with van der Waals surface area (Å²) in [6.45, 7) is 0.962. The highest BCUT2D eigenvalue weighted by molar-refractivity contribution is 5.93. The number of aliphatic carboxylic acids is 2. The molecule has 0 aliphatic rings. The molecule has 0 bridgehead atoms. The number of rotatable bonds is 8. The second-order valence-corrected chi connectivity index (χ2v) is 4.11. The van der Waals surface area contributed by atoms with E-state index in [0.29, 0.717) is 0 Å². The predicted octanol–water partition coefficient (Wildman–Crippen LogP) is -1.77. The number of hydrogen-bond acceptors (Lipinski definition) is 7. The molecule has 0 aliphatic carbocycles. The first-order valence-corrected chi connectivity index (χ1v) is 5.85. The second kappa shape index (κ2) is 8.64. The average Bonchev–Trinajstić information content (AvgIpc) is 2.31. The van der Waals surface area contributed by atoms with Gasteiger partial charge in [-0.3, -0.25) is 19.2 Å². The molecule has 5 N–H and O–H groups in total. The van der Waals surface area contributed by atoms with Crippen LogP contribution in [0.15, 0.2) is 0 Å². The number of carbonyl (C=O) groups is 5. The monoisotopic (exact) mass is 304 g/mol. The number of carboxylic acid groups (broad SMARTS) is 2. The lowest BCUT2D eigenvalue weighted by molar-refractivity contribution is -0.160. The topological polar surface area (TPSA) is 173 Å². The number of ether oxygens (including phenoxy) is 1. The molecule has 0 aliphatic heterocycles. The summed E-state index contributed by atoms with van der Waals surface area (Å²) in [6, 6.07) is -2.82. The van der Waals surface area contributed by atoms with Gasteiger partial charge in [-0.05, 0) is 6.42 Å². The van der Waals surface area contributed by atoms with Crippen molar-refractivity contribution >= 4 is 29.8 Å². The Morgan fingerprint density at radius 2 is 1.71 bits per heavy atom. The van der Waals surface area contributed by atoms with E-state index in [2.05, 4.69) is 10.1 Å². The van der Waals surface area contributed by atoms with Gasteiger partial charge in [-0.15, -0.1) is 0 Å². The number of esters is 2. The van der Waals surface area contributed by atoms with Gasteiger partial charge < -0.3 is 26.0 Å². The van der Waals surface area contributed by atoms with Gasteiger partial charge in [-0.1, -0.05) is 0 Å². The summed E-state index contributed by atoms with van der Waals surface area (Å²) in [5.41, 5.74) is 5.30. The Balaban J connectivity index is 4.75. The fourth-order valence-electron chi connectivity index (χ4n) is 1.29. The van der Waals surface area contributed by atoms with Crippen LogP contribution < -0.4 is 11.1 Å². The molecule has 0 unspecified atom stereocenters. The fourth-order valence-corrected chi connectivity index (χ4v) is 1.29. The van der Waals surface area contributed by atoms with Crippen LogP contribution in [0, 0.1) is 0 Å². The van der Waals surface area contributed by atoms with Crippen molar-refractivity contribution in [1.82, 2.24) is 5.32 Å². The van der Waals surface area contributed by atoms with Gasteiger partial charge in [0.1, 0.15) is 6.04 Å². The lowest BCUT2D eigenvalue weighted by Gasteiger charge is -2.18. The summed E-state index contributed by atoms with van der Waals surface area (Å²) in [5, 5.41) is 19.1. The predicted molar refractivity (Wildman–Crippen MR) is 65.8 cm³/mol. The molecule has 0 spiro atoms. The van der Waals surface area contributed by atoms with E-state index in [4.69, 9.17) is 15.9 Å². The Hall–Kier alpha value is -2.49. The van der Waals surface area contributed by atoms with Crippen molar-refractivity contribution in [3.8, 4) is 0 Å². The van der Waals surface area contributed by atoms with Gasteiger partial charge in [0.2, 0.25) is 5.91 Å². The molecule has 0 aromatic carbocycles. The van der Waals surface area contributed by atoms with Crippen LogP contribution in [0.2, 0.25) is 0 Å². The molecular formula is C11H16N2O8. The Morgan fingerprint density at radius 1 is 1.14 bits per heavy atom. The summed E-state index contributed by atoms with van der Waals surface area (Å²) < 4.78 is 4.26. The zero-order chi connectivity index (χ0) is 16.6. The smallest absolute Gasteiger partial charge is 0.336 e. The fraction of sp³-hybridized carbons (Fsp3) is 0.545. The molecule has 10 nitrogen and oxygen atoms in total. The number of nitrogens with one attached hydrogen (secondary N) is 1. The molecule has 0 heterocycles. The molecular weight excluding hydrogens is 288 g/mol. The summed E-state index contributed by atoms with van der Waals surface area (Å²) in [6.07, 6.45) is -1.46. The van der Waals surface area contributed by atoms with Gasteiger partial charge in [-0.2, -0.15) is 0 Å². The minimum Gasteiger partial charge on any atom is -0.481 e. The van der Waals surface area contributed by atoms with E-state index < -0.39 is 54.7 Å². The molecule has 0 radical (unpaired) electrons. The van der Waals surface area contributed by atoms with Crippen molar-refractivity contribution in [3.63, 3.8) is 0 Å². The first-order valence-electron chi connectivity index (χ1n) is 5.85. The number of amides is 1. The molecule has 118 valence electrons. The number of hydrogen-bond donors (Lipinski definition) is 4. The molecule has 0 aromatic heterocycles. The third-order valence-corrected chi connectivity index (χ3v) is 2.22. The van der Waals surface area contributed by atoms with Crippen molar-refractivity contribution < 1.29 is 38.9 Å². The van der Waals surface area contributed by atoms with E-state index >= 15 is 0 Å². The standard InChI is InChI=1S/C11H16N2O8/c1-5(14)21-11(20)7(2-3-8(15)16)13-10(19)6(12)4-9(17)18/h6-7H,2-4,12H2,1H3,(H,13,19)(H,15,16)(H,17,18)/t6-,7-/m0/s1. The quantitative estimate of drug-likeness (QED) is 0.299. The first kappa shape index (κ1) is 18.5. The Kier molecular flexibility index (Phi) is 7.61. The van der Waals surface area contributed by atoms with Crippen LogP contribution >= 0.6 is 0 Å². The third-order valence-electron chi connectivity index (χ3n) is 2.22. The molecule has 1 amide bonds. The maximum Gasteiger partial charge on any atom is 0.336 e. The molecule has 0 fully saturated rings. The van der Waals surface area contributed by atoms with Crippen LogP contribution in [0.3, 0.4) is 0 Å². The zero-order valence-electron chi connectivity index (χ0n) is 11.2. The first-order chi connectivity index (χ1) is 9.63. The van der Waals surface area contributed by atoms with Crippen molar-refractivity contribution in [2.45, 2.75) is 38.3 Å². The van der Waals surface area contributed by atoms with E-state index in [1.807, 2.05) is 0 Å². The number of carboxylic acids is 2. The summed E-state index contributed by atoms with van der Waals surface area (Å²) in [5.74, 6) is -5.57. The average molecular weight is 304 g/mol. The van der Waals surface area contributed by atoms with Crippen LogP contribution in [0.25, 0.3) is 0 Å². The van der Waals surface area contributed by atoms with Gasteiger partial charge in [-0.25, -0.2) is 4.79 Å². The van der Waals surface area contributed by atoms with E-state index in [1.165, 1.54) is 0 Å². The second-order valence-electron chi connectivity index (χ2n) is 4.11. The van der Waals surface area contributed by atoms with Crippen molar-refractivity contribution in [3.05, 3.63) is 0 Å². The van der Waals surface area contributed by atoms with Crippen molar-refractivity contribution in [1.29, 1.82) is 0 Å². The highest BCUT2D eigenvalue weighted by atomic mass is 16.6. The Bertz CT molecular complexity index is 448. The van der Waals surface area contributed by atoms with E-state index in [9.17, 15) is 24.0 Å². The lowest BCUT2D eigenvalue weighted by atomic mass is 10.1. The molecule has 0 aromatic rings. The summed E-state index contributed by atoms with van der Waals surface area (Å²) in [7, 11) is 0. The SMILES string of the molecule is CC(=O)OC(=O)[C@H](CCC(=O)O)NC(=O)[C@@H](N)CC(=O)O. The summed E-state index contributed by atoms with van der Waals surface area (Å²) in [4.78, 5) is 54.7. The molecule has 0 saturated carbocycles. The van der Waals surface area contributed by atoms with Gasteiger partial charge >= 0.3 is 23.9 Å². The minimum absolute atomic E-state index is 0.326. The van der Waals surface area contributed by atoms with Gasteiger partial charge in [0.15, 0.2) is 0 Å². The van der Waals surface area contributed by atoms with Crippen LogP contribution in [0.5, 0.6) is 0 Å². The van der Waals surface area contributed by atoms with Crippen LogP contribution in [0.1, 0.15) is 26.2 Å². The van der Waals surface area contributed by atoms with E-state index in [0.717, 1.165) is 6.92 Å². The Morgan fingerprint density at radius 3 is 2.14 bits per heavy atom. The normalized spacial score (nSPS) is 12.9. The highest BCUT2D eigenvalue weighted by Crippen LogP contribution is 2.02. The Labute approximate surface area is 119 Å². The van der Waals surface area contributed by atoms with Gasteiger partial charge in [0.05, 0.1) is 12.5 Å². The van der Waals surface area contributed by atoms with Crippen LogP contribution in [-0.4, -0.2) is 52.1 Å². The van der Waals surface area contributed by atoms with Gasteiger partial charge in [0.25, 0.3) is 0 Å². The molecule has 10 heteroatoms. The lowest BCUT2D eigenvalue weighted by Crippen LogP contribution is -2.49. The number of nitrogens with two attached hydrogens (primary N) is 1. The molecule has 2 atom stereocenters. The highest BCUT2D eigenvalue weighted by Gasteiger charge is 2.27. The van der Waals surface area contributed by atoms with Crippen LogP contribution in [-0.2, 0) is 28.7 Å². The zero-order valence-corrected chi connectivity index (χ0v) is 11.2. The maximum atomic E-state index is 11.6. The minimum atomic E-state index is -1.42. The van der Waals surface area contributed by atoms with E-state index in [1.54, 1.807) is 0 Å². The van der Waals surface area contributed by atoms with Crippen LogP contribution in [0.4, 0.5) is 0 Å². The maximum absolute atomic E-state index is 11.6. The number of carbonyl (C=O) groups excluding carboxylic acids is 3. The molecule has 0 rings (SSSR count). The molecule has 21 heavy (non-hydrogen) atoms. The summed E-state index contributed by atoms with van der Waals surface area (Å²) >= 11 is 0.